The van der Waals surface area contributed by atoms with Gasteiger partial charge in [0.25, 0.3) is 11.8 Å². The number of halogens is 1. The molecule has 0 spiro atoms. The number of benzene rings is 1. The summed E-state index contributed by atoms with van der Waals surface area (Å²) in [5, 5.41) is 3.95. The Hall–Kier alpha value is -2.47. The summed E-state index contributed by atoms with van der Waals surface area (Å²) >= 11 is 6.87. The van der Waals surface area contributed by atoms with Gasteiger partial charge in [0, 0.05) is 24.2 Å². The van der Waals surface area contributed by atoms with Crippen molar-refractivity contribution < 1.29 is 27.5 Å². The van der Waals surface area contributed by atoms with Gasteiger partial charge in [0.1, 0.15) is 12.6 Å². The number of rotatable bonds is 7. The van der Waals surface area contributed by atoms with Gasteiger partial charge in [-0.3, -0.25) is 14.4 Å². The SMILES string of the molecule is CC(C(NC(=O)c1ccc(Cl)s1)C(=O)Nc1ccc(N2CCOCC2=O)cc1)S(C)(=O)=O. The lowest BCUT2D eigenvalue weighted by Crippen LogP contribution is -2.52. The van der Waals surface area contributed by atoms with Crippen LogP contribution in [0, 0.1) is 0 Å². The monoisotopic (exact) mass is 499 g/mol. The summed E-state index contributed by atoms with van der Waals surface area (Å²) in [4.78, 5) is 39.2. The number of anilines is 2. The minimum Gasteiger partial charge on any atom is -0.370 e. The lowest BCUT2D eigenvalue weighted by atomic mass is 10.1. The van der Waals surface area contributed by atoms with Crippen molar-refractivity contribution in [2.75, 3.05) is 36.2 Å². The van der Waals surface area contributed by atoms with Crippen molar-refractivity contribution in [3.8, 4) is 0 Å². The van der Waals surface area contributed by atoms with E-state index >= 15 is 0 Å². The molecule has 2 unspecified atom stereocenters. The minimum atomic E-state index is -3.64. The average Bonchev–Trinajstić information content (AvgIpc) is 3.18. The third kappa shape index (κ3) is 5.85. The molecule has 1 saturated heterocycles. The van der Waals surface area contributed by atoms with Gasteiger partial charge in [0.15, 0.2) is 9.84 Å². The molecular weight excluding hydrogens is 478 g/mol. The van der Waals surface area contributed by atoms with E-state index < -0.39 is 32.9 Å². The Morgan fingerprint density at radius 1 is 1.19 bits per heavy atom. The fraction of sp³-hybridized carbons (Fsp3) is 0.350. The van der Waals surface area contributed by atoms with E-state index in [1.165, 1.54) is 19.1 Å². The Balaban J connectivity index is 1.75. The molecule has 1 fully saturated rings. The summed E-state index contributed by atoms with van der Waals surface area (Å²) in [6.07, 6.45) is 1.00. The topological polar surface area (TPSA) is 122 Å². The molecule has 9 nitrogen and oxygen atoms in total. The maximum Gasteiger partial charge on any atom is 0.262 e. The molecule has 0 radical (unpaired) electrons. The van der Waals surface area contributed by atoms with Gasteiger partial charge in [-0.2, -0.15) is 0 Å². The smallest absolute Gasteiger partial charge is 0.262 e. The van der Waals surface area contributed by atoms with Gasteiger partial charge in [-0.05, 0) is 43.3 Å². The first kappa shape index (κ1) is 24.2. The van der Waals surface area contributed by atoms with Crippen LogP contribution >= 0.6 is 22.9 Å². The van der Waals surface area contributed by atoms with Crippen LogP contribution in [0.15, 0.2) is 36.4 Å². The van der Waals surface area contributed by atoms with E-state index in [2.05, 4.69) is 10.6 Å². The molecule has 32 heavy (non-hydrogen) atoms. The van der Waals surface area contributed by atoms with Gasteiger partial charge in [-0.25, -0.2) is 8.42 Å². The van der Waals surface area contributed by atoms with Crippen LogP contribution in [0.1, 0.15) is 16.6 Å². The summed E-state index contributed by atoms with van der Waals surface area (Å²) in [6.45, 7) is 2.23. The van der Waals surface area contributed by atoms with Crippen molar-refractivity contribution in [1.29, 1.82) is 0 Å². The average molecular weight is 500 g/mol. The molecule has 2 aromatic rings. The van der Waals surface area contributed by atoms with E-state index in [9.17, 15) is 22.8 Å². The Kier molecular flexibility index (Phi) is 7.55. The fourth-order valence-electron chi connectivity index (χ4n) is 3.03. The number of nitrogens with zero attached hydrogens (tertiary/aromatic N) is 1. The lowest BCUT2D eigenvalue weighted by Gasteiger charge is -2.27. The highest BCUT2D eigenvalue weighted by Crippen LogP contribution is 2.22. The molecule has 172 valence electrons. The van der Waals surface area contributed by atoms with Crippen LogP contribution in [0.3, 0.4) is 0 Å². The molecule has 1 aliphatic rings. The molecule has 1 aromatic heterocycles. The number of carbonyl (C=O) groups excluding carboxylic acids is 3. The predicted octanol–water partition coefficient (Wildman–Crippen LogP) is 1.93. The van der Waals surface area contributed by atoms with E-state index in [0.717, 1.165) is 17.6 Å². The first-order valence-electron chi connectivity index (χ1n) is 9.60. The number of nitrogens with one attached hydrogen (secondary N) is 2. The molecule has 1 aromatic carbocycles. The largest absolute Gasteiger partial charge is 0.370 e. The van der Waals surface area contributed by atoms with Crippen LogP contribution < -0.4 is 15.5 Å². The molecule has 3 amide bonds. The number of ether oxygens (including phenoxy) is 1. The Morgan fingerprint density at radius 2 is 1.88 bits per heavy atom. The summed E-state index contributed by atoms with van der Waals surface area (Å²) < 4.78 is 29.7. The number of morpholine rings is 1. The predicted molar refractivity (Wildman–Crippen MR) is 123 cm³/mol. The molecule has 2 heterocycles. The van der Waals surface area contributed by atoms with Crippen LogP contribution in [0.4, 0.5) is 11.4 Å². The lowest BCUT2D eigenvalue weighted by molar-refractivity contribution is -0.125. The second-order valence-electron chi connectivity index (χ2n) is 7.22. The number of sulfone groups is 1. The van der Waals surface area contributed by atoms with Crippen molar-refractivity contribution in [1.82, 2.24) is 5.32 Å². The molecule has 0 aliphatic carbocycles. The van der Waals surface area contributed by atoms with E-state index in [1.54, 1.807) is 29.2 Å². The summed E-state index contributed by atoms with van der Waals surface area (Å²) in [7, 11) is -3.64. The highest BCUT2D eigenvalue weighted by molar-refractivity contribution is 7.91. The zero-order valence-electron chi connectivity index (χ0n) is 17.3. The maximum atomic E-state index is 12.9. The zero-order chi connectivity index (χ0) is 23.5. The number of thiophene rings is 1. The molecule has 12 heteroatoms. The van der Waals surface area contributed by atoms with Crippen molar-refractivity contribution >= 4 is 61.9 Å². The third-order valence-electron chi connectivity index (χ3n) is 4.94. The molecule has 1 aliphatic heterocycles. The van der Waals surface area contributed by atoms with Crippen LogP contribution in [-0.2, 0) is 24.2 Å². The first-order chi connectivity index (χ1) is 15.1. The van der Waals surface area contributed by atoms with Crippen LogP contribution in [0.2, 0.25) is 4.34 Å². The fourth-order valence-corrected chi connectivity index (χ4v) is 4.66. The Labute approximate surface area is 194 Å². The second kappa shape index (κ2) is 9.99. The standard InChI is InChI=1S/C20H22ClN3O6S2/c1-12(32(2,28)29)18(23-19(26)15-7-8-16(21)31-15)20(27)22-13-3-5-14(6-4-13)24-9-10-30-11-17(24)25/h3-8,12,18H,9-11H2,1-2H3,(H,22,27)(H,23,26). The van der Waals surface area contributed by atoms with E-state index in [-0.39, 0.29) is 17.4 Å². The van der Waals surface area contributed by atoms with Gasteiger partial charge in [0.05, 0.1) is 21.1 Å². The van der Waals surface area contributed by atoms with Crippen LogP contribution in [0.5, 0.6) is 0 Å². The van der Waals surface area contributed by atoms with Crippen LogP contribution in [0.25, 0.3) is 0 Å². The Morgan fingerprint density at radius 3 is 2.44 bits per heavy atom. The van der Waals surface area contributed by atoms with Gasteiger partial charge in [0.2, 0.25) is 5.91 Å². The molecule has 0 bridgehead atoms. The van der Waals surface area contributed by atoms with Gasteiger partial charge < -0.3 is 20.3 Å². The number of hydrogen-bond donors (Lipinski definition) is 2. The van der Waals surface area contributed by atoms with Crippen molar-refractivity contribution in [3.05, 3.63) is 45.6 Å². The number of hydrogen-bond acceptors (Lipinski definition) is 7. The van der Waals surface area contributed by atoms with Crippen LogP contribution in [-0.4, -0.2) is 63.4 Å². The third-order valence-corrected chi connectivity index (χ3v) is 7.80. The van der Waals surface area contributed by atoms with E-state index in [0.29, 0.717) is 28.9 Å². The molecule has 2 N–H and O–H groups in total. The molecule has 0 saturated carbocycles. The van der Waals surface area contributed by atoms with Gasteiger partial charge >= 0.3 is 0 Å². The number of carbonyl (C=O) groups is 3. The molecule has 2 atom stereocenters. The summed E-state index contributed by atoms with van der Waals surface area (Å²) in [6, 6.07) is 8.22. The minimum absolute atomic E-state index is 0.0126. The zero-order valence-corrected chi connectivity index (χ0v) is 19.7. The van der Waals surface area contributed by atoms with E-state index in [1.807, 2.05) is 0 Å². The van der Waals surface area contributed by atoms with Gasteiger partial charge in [-0.15, -0.1) is 11.3 Å². The summed E-state index contributed by atoms with van der Waals surface area (Å²) in [5.41, 5.74) is 1.04. The normalized spacial score (nSPS) is 16.3. The van der Waals surface area contributed by atoms with Crippen molar-refractivity contribution in [2.45, 2.75) is 18.2 Å². The highest BCUT2D eigenvalue weighted by atomic mass is 35.5. The second-order valence-corrected chi connectivity index (χ2v) is 11.3. The quantitative estimate of drug-likeness (QED) is 0.600. The maximum absolute atomic E-state index is 12.9. The summed E-state index contributed by atoms with van der Waals surface area (Å²) in [5.74, 6) is -1.45. The van der Waals surface area contributed by atoms with Gasteiger partial charge in [-0.1, -0.05) is 11.6 Å². The molecule has 3 rings (SSSR count). The van der Waals surface area contributed by atoms with E-state index in [4.69, 9.17) is 16.3 Å². The van der Waals surface area contributed by atoms with Crippen molar-refractivity contribution in [3.63, 3.8) is 0 Å². The Bertz CT molecular complexity index is 1120. The first-order valence-corrected chi connectivity index (χ1v) is 12.8. The highest BCUT2D eigenvalue weighted by Gasteiger charge is 2.34. The number of amides is 3. The van der Waals surface area contributed by atoms with Crippen molar-refractivity contribution in [2.24, 2.45) is 0 Å². The molecular formula is C20H22ClN3O6S2.